The number of carbonyl (C=O) groups is 3. The standard InChI is InChI=1S/C65H114O6/c1-4-7-10-13-16-19-22-25-28-29-30-31-32-33-34-35-38-40-43-46-49-52-55-58-64(67)70-61-62(71-65(68)59-56-53-50-47-44-41-37-27-24-21-18-15-12-9-6-3)60-69-63(66)57-54-51-48-45-42-39-36-26-23-20-17-14-11-8-5-2/h9,12,17-18,20-21,26-27,29-30,36-37,62H,4-8,10-11,13-16,19,22-25,28,31-35,38-61H2,1-3H3/b12-9-,20-17-,21-18-,30-29-,36-26-,37-27-. The molecule has 0 fully saturated rings. The minimum Gasteiger partial charge on any atom is -0.462 e. The molecule has 0 rings (SSSR count). The number of rotatable bonds is 55. The maximum Gasteiger partial charge on any atom is 0.306 e. The Morgan fingerprint density at radius 2 is 0.549 bits per heavy atom. The van der Waals surface area contributed by atoms with E-state index in [-0.39, 0.29) is 31.1 Å². The van der Waals surface area contributed by atoms with Gasteiger partial charge in [0.05, 0.1) is 0 Å². The van der Waals surface area contributed by atoms with Crippen LogP contribution in [0.2, 0.25) is 0 Å². The van der Waals surface area contributed by atoms with Crippen LogP contribution in [0.1, 0.15) is 303 Å². The summed E-state index contributed by atoms with van der Waals surface area (Å²) in [5.74, 6) is -0.909. The number of hydrogen-bond donors (Lipinski definition) is 0. The number of allylic oxidation sites excluding steroid dienone is 12. The molecule has 0 radical (unpaired) electrons. The third kappa shape index (κ3) is 57.6. The van der Waals surface area contributed by atoms with Crippen LogP contribution in [0.5, 0.6) is 0 Å². The minimum absolute atomic E-state index is 0.0865. The normalized spacial score (nSPS) is 12.5. The topological polar surface area (TPSA) is 78.9 Å². The summed E-state index contributed by atoms with van der Waals surface area (Å²) in [6.07, 6.45) is 76.2. The smallest absolute Gasteiger partial charge is 0.306 e. The molecule has 0 aliphatic heterocycles. The fourth-order valence-corrected chi connectivity index (χ4v) is 8.60. The Morgan fingerprint density at radius 3 is 0.901 bits per heavy atom. The molecule has 0 heterocycles. The van der Waals surface area contributed by atoms with Gasteiger partial charge in [-0.1, -0.05) is 248 Å². The van der Waals surface area contributed by atoms with Crippen molar-refractivity contribution in [2.24, 2.45) is 0 Å². The van der Waals surface area contributed by atoms with Crippen molar-refractivity contribution in [3.8, 4) is 0 Å². The van der Waals surface area contributed by atoms with Gasteiger partial charge in [-0.2, -0.15) is 0 Å². The fraction of sp³-hybridized carbons (Fsp3) is 0.769. The second-order valence-corrected chi connectivity index (χ2v) is 20.2. The van der Waals surface area contributed by atoms with Gasteiger partial charge in [0, 0.05) is 19.3 Å². The van der Waals surface area contributed by atoms with Crippen LogP contribution in [0.15, 0.2) is 72.9 Å². The molecule has 1 atom stereocenters. The van der Waals surface area contributed by atoms with Gasteiger partial charge >= 0.3 is 17.9 Å². The second-order valence-electron chi connectivity index (χ2n) is 20.2. The van der Waals surface area contributed by atoms with E-state index >= 15 is 0 Å². The molecular weight excluding hydrogens is 877 g/mol. The van der Waals surface area contributed by atoms with Gasteiger partial charge in [-0.25, -0.2) is 0 Å². The molecule has 1 unspecified atom stereocenters. The quantitative estimate of drug-likeness (QED) is 0.0261. The molecule has 0 aromatic rings. The second kappa shape index (κ2) is 59.4. The Hall–Kier alpha value is -3.15. The third-order valence-electron chi connectivity index (χ3n) is 13.2. The van der Waals surface area contributed by atoms with Gasteiger partial charge in [-0.05, 0) is 109 Å². The largest absolute Gasteiger partial charge is 0.462 e. The van der Waals surface area contributed by atoms with Crippen molar-refractivity contribution < 1.29 is 28.6 Å². The lowest BCUT2D eigenvalue weighted by Crippen LogP contribution is -2.30. The summed E-state index contributed by atoms with van der Waals surface area (Å²) in [6, 6.07) is 0. The molecule has 0 amide bonds. The lowest BCUT2D eigenvalue weighted by atomic mass is 10.0. The monoisotopic (exact) mass is 991 g/mol. The van der Waals surface area contributed by atoms with E-state index in [4.69, 9.17) is 14.2 Å². The predicted octanol–water partition coefficient (Wildman–Crippen LogP) is 20.5. The highest BCUT2D eigenvalue weighted by Crippen LogP contribution is 2.16. The van der Waals surface area contributed by atoms with Gasteiger partial charge < -0.3 is 14.2 Å². The number of carbonyl (C=O) groups excluding carboxylic acids is 3. The first-order valence-electron chi connectivity index (χ1n) is 30.4. The number of ether oxygens (including phenoxy) is 3. The predicted molar refractivity (Wildman–Crippen MR) is 307 cm³/mol. The summed E-state index contributed by atoms with van der Waals surface area (Å²) in [5, 5.41) is 0. The van der Waals surface area contributed by atoms with Crippen LogP contribution in [-0.2, 0) is 28.6 Å². The van der Waals surface area contributed by atoms with E-state index in [0.29, 0.717) is 19.3 Å². The Balaban J connectivity index is 4.34. The van der Waals surface area contributed by atoms with Gasteiger partial charge in [-0.3, -0.25) is 14.4 Å². The Labute approximate surface area is 440 Å². The van der Waals surface area contributed by atoms with Crippen LogP contribution in [-0.4, -0.2) is 37.2 Å². The van der Waals surface area contributed by atoms with Crippen molar-refractivity contribution in [3.63, 3.8) is 0 Å². The van der Waals surface area contributed by atoms with Crippen molar-refractivity contribution in [2.45, 2.75) is 309 Å². The summed E-state index contributed by atoms with van der Waals surface area (Å²) < 4.78 is 16.9. The summed E-state index contributed by atoms with van der Waals surface area (Å²) in [5.41, 5.74) is 0. The average Bonchev–Trinajstić information content (AvgIpc) is 3.37. The van der Waals surface area contributed by atoms with E-state index in [0.717, 1.165) is 116 Å². The minimum atomic E-state index is -0.791. The van der Waals surface area contributed by atoms with Gasteiger partial charge in [0.2, 0.25) is 0 Å². The summed E-state index contributed by atoms with van der Waals surface area (Å²) in [4.78, 5) is 38.2. The van der Waals surface area contributed by atoms with Gasteiger partial charge in [0.1, 0.15) is 13.2 Å². The summed E-state index contributed by atoms with van der Waals surface area (Å²) in [6.45, 7) is 6.50. The van der Waals surface area contributed by atoms with E-state index in [1.807, 2.05) is 0 Å². The van der Waals surface area contributed by atoms with Crippen LogP contribution in [0.25, 0.3) is 0 Å². The van der Waals surface area contributed by atoms with Crippen molar-refractivity contribution in [2.75, 3.05) is 13.2 Å². The van der Waals surface area contributed by atoms with E-state index < -0.39 is 6.10 Å². The molecule has 0 aromatic heterocycles. The van der Waals surface area contributed by atoms with E-state index in [9.17, 15) is 14.4 Å². The lowest BCUT2D eigenvalue weighted by Gasteiger charge is -2.18. The van der Waals surface area contributed by atoms with Crippen LogP contribution < -0.4 is 0 Å². The van der Waals surface area contributed by atoms with Crippen LogP contribution >= 0.6 is 0 Å². The molecule has 0 saturated heterocycles. The highest BCUT2D eigenvalue weighted by molar-refractivity contribution is 5.71. The molecule has 0 spiro atoms. The molecule has 0 aliphatic rings. The molecule has 0 N–H and O–H groups in total. The average molecular weight is 992 g/mol. The first-order valence-corrected chi connectivity index (χ1v) is 30.4. The molecule has 0 saturated carbocycles. The zero-order chi connectivity index (χ0) is 51.4. The highest BCUT2D eigenvalue weighted by Gasteiger charge is 2.19. The van der Waals surface area contributed by atoms with E-state index in [1.165, 1.54) is 148 Å². The SMILES string of the molecule is CC/C=C\C/C=C\C/C=C\CCCCCCCC(=O)OC(COC(=O)CCCCCCC/C=C\C/C=C\CCCCC)COC(=O)CCCCCCCCCCCCC/C=C\CCCCCCCCCC. The molecule has 410 valence electrons. The van der Waals surface area contributed by atoms with Crippen molar-refractivity contribution in [3.05, 3.63) is 72.9 Å². The summed E-state index contributed by atoms with van der Waals surface area (Å²) >= 11 is 0. The van der Waals surface area contributed by atoms with Crippen LogP contribution in [0.3, 0.4) is 0 Å². The number of unbranched alkanes of at least 4 members (excludes halogenated alkanes) is 32. The Kier molecular flexibility index (Phi) is 56.8. The molecule has 6 nitrogen and oxygen atoms in total. The highest BCUT2D eigenvalue weighted by atomic mass is 16.6. The van der Waals surface area contributed by atoms with Gasteiger partial charge in [0.25, 0.3) is 0 Å². The zero-order valence-corrected chi connectivity index (χ0v) is 47.0. The van der Waals surface area contributed by atoms with Gasteiger partial charge in [0.15, 0.2) is 6.10 Å². The number of esters is 3. The summed E-state index contributed by atoms with van der Waals surface area (Å²) in [7, 11) is 0. The maximum absolute atomic E-state index is 12.9. The molecule has 0 bridgehead atoms. The molecule has 0 aromatic carbocycles. The first-order chi connectivity index (χ1) is 35.0. The Bertz CT molecular complexity index is 1320. The first kappa shape index (κ1) is 67.8. The van der Waals surface area contributed by atoms with Crippen LogP contribution in [0.4, 0.5) is 0 Å². The molecule has 0 aliphatic carbocycles. The van der Waals surface area contributed by atoms with Crippen molar-refractivity contribution >= 4 is 17.9 Å². The zero-order valence-electron chi connectivity index (χ0n) is 47.0. The van der Waals surface area contributed by atoms with Gasteiger partial charge in [-0.15, -0.1) is 0 Å². The fourth-order valence-electron chi connectivity index (χ4n) is 8.60. The maximum atomic E-state index is 12.9. The Morgan fingerprint density at radius 1 is 0.296 bits per heavy atom. The van der Waals surface area contributed by atoms with E-state index in [2.05, 4.69) is 93.7 Å². The van der Waals surface area contributed by atoms with E-state index in [1.54, 1.807) is 0 Å². The number of hydrogen-bond acceptors (Lipinski definition) is 6. The molecular formula is C65H114O6. The van der Waals surface area contributed by atoms with Crippen LogP contribution in [0, 0.1) is 0 Å². The van der Waals surface area contributed by atoms with Crippen molar-refractivity contribution in [1.29, 1.82) is 0 Å². The van der Waals surface area contributed by atoms with Crippen molar-refractivity contribution in [1.82, 2.24) is 0 Å². The third-order valence-corrected chi connectivity index (χ3v) is 13.2. The molecule has 71 heavy (non-hydrogen) atoms. The molecule has 6 heteroatoms. The lowest BCUT2D eigenvalue weighted by molar-refractivity contribution is -0.167.